The molecule has 0 heterocycles. The van der Waals surface area contributed by atoms with Crippen LogP contribution in [0.2, 0.25) is 0 Å². The molecule has 5 N–H and O–H groups in total. The molecule has 0 aromatic heterocycles. The summed E-state index contributed by atoms with van der Waals surface area (Å²) in [6, 6.07) is -1.40. The number of nitrogens with zero attached hydrogens (tertiary/aromatic N) is 1. The molecule has 2 amide bonds. The summed E-state index contributed by atoms with van der Waals surface area (Å²) in [5, 5.41) is 26.6. The molecule has 0 aromatic rings. The molecule has 0 radical (unpaired) electrons. The molecule has 4 rings (SSSR count). The number of aliphatic hydroxyl groups is 1. The minimum Gasteiger partial charge on any atom is -0.480 e. The summed E-state index contributed by atoms with van der Waals surface area (Å²) in [4.78, 5) is 39.4. The third kappa shape index (κ3) is 4.40. The van der Waals surface area contributed by atoms with Crippen molar-refractivity contribution in [1.82, 2.24) is 5.32 Å². The number of primary amides is 1. The summed E-state index contributed by atoms with van der Waals surface area (Å²) in [6.45, 7) is 4.10. The minimum atomic E-state index is -1.40. The van der Waals surface area contributed by atoms with Crippen LogP contribution in [0.25, 0.3) is 0 Å². The Hall–Kier alpha value is -2.86. The van der Waals surface area contributed by atoms with E-state index < -0.39 is 42.5 Å². The average molecular weight is 500 g/mol. The lowest BCUT2D eigenvalue weighted by Crippen LogP contribution is -2.54. The molecule has 4 aliphatic carbocycles. The van der Waals surface area contributed by atoms with Crippen LogP contribution in [0.4, 0.5) is 0 Å². The first-order chi connectivity index (χ1) is 16.9. The highest BCUT2D eigenvalue weighted by atomic mass is 16.6. The number of hydrogen-bond donors (Lipinski definition) is 4. The van der Waals surface area contributed by atoms with Gasteiger partial charge >= 0.3 is 5.97 Å². The van der Waals surface area contributed by atoms with Crippen LogP contribution < -0.4 is 11.1 Å². The Morgan fingerprint density at radius 3 is 2.61 bits per heavy atom. The van der Waals surface area contributed by atoms with Gasteiger partial charge < -0.3 is 26.1 Å². The van der Waals surface area contributed by atoms with E-state index in [0.29, 0.717) is 24.2 Å². The second-order valence-corrected chi connectivity index (χ2v) is 11.5. The van der Waals surface area contributed by atoms with Gasteiger partial charge in [-0.2, -0.15) is 0 Å². The first-order valence-electron chi connectivity index (χ1n) is 12.8. The summed E-state index contributed by atoms with van der Waals surface area (Å²) in [5.41, 5.74) is 6.01. The summed E-state index contributed by atoms with van der Waals surface area (Å²) < 4.78 is 0. The van der Waals surface area contributed by atoms with Gasteiger partial charge in [-0.25, -0.2) is 4.79 Å². The molecule has 4 aliphatic rings. The Morgan fingerprint density at radius 2 is 1.94 bits per heavy atom. The zero-order valence-electron chi connectivity index (χ0n) is 21.1. The van der Waals surface area contributed by atoms with Crippen LogP contribution in [0.1, 0.15) is 71.6 Å². The molecule has 3 saturated carbocycles. The Balaban J connectivity index is 1.40. The van der Waals surface area contributed by atoms with Gasteiger partial charge in [-0.3, -0.25) is 9.59 Å². The Morgan fingerprint density at radius 1 is 1.22 bits per heavy atom. The third-order valence-electron chi connectivity index (χ3n) is 9.78. The van der Waals surface area contributed by atoms with Crippen LogP contribution in [0.15, 0.2) is 16.8 Å². The van der Waals surface area contributed by atoms with Crippen molar-refractivity contribution in [2.45, 2.75) is 83.3 Å². The molecule has 9 heteroatoms. The highest BCUT2D eigenvalue weighted by molar-refractivity contribution is 5.96. The van der Waals surface area contributed by atoms with Crippen LogP contribution in [0.3, 0.4) is 0 Å². The van der Waals surface area contributed by atoms with Gasteiger partial charge in [-0.1, -0.05) is 30.5 Å². The maximum absolute atomic E-state index is 12.0. The van der Waals surface area contributed by atoms with E-state index in [1.165, 1.54) is 5.57 Å². The van der Waals surface area contributed by atoms with Crippen LogP contribution in [0.5, 0.6) is 0 Å². The van der Waals surface area contributed by atoms with Crippen molar-refractivity contribution in [2.75, 3.05) is 6.61 Å². The number of carbonyl (C=O) groups is 3. The maximum Gasteiger partial charge on any atom is 0.326 e. The van der Waals surface area contributed by atoms with Gasteiger partial charge in [0.2, 0.25) is 5.91 Å². The molecule has 0 unspecified atom stereocenters. The predicted octanol–water partition coefficient (Wildman–Crippen LogP) is 2.13. The Kier molecular flexibility index (Phi) is 6.95. The molecule has 0 spiro atoms. The maximum atomic E-state index is 12.0. The number of carboxylic acid groups (broad SMARTS) is 1. The van der Waals surface area contributed by atoms with Crippen LogP contribution >= 0.6 is 0 Å². The molecule has 36 heavy (non-hydrogen) atoms. The highest BCUT2D eigenvalue weighted by Gasteiger charge is 2.63. The Labute approximate surface area is 211 Å². The van der Waals surface area contributed by atoms with E-state index >= 15 is 0 Å². The SMILES string of the molecule is C#C[C@@]1(O)CC[C@@H]2[C@@H]3CCC4=CC(=NOCC(=O)N[C@@H](CC(N)=O)C(=O)O)CC[C@]4(C)[C@H]3CC[C@@]21C. The van der Waals surface area contributed by atoms with E-state index in [0.717, 1.165) is 50.7 Å². The topological polar surface area (TPSA) is 151 Å². The van der Waals surface area contributed by atoms with Crippen molar-refractivity contribution in [1.29, 1.82) is 0 Å². The number of fused-ring (bicyclic) bond motifs is 5. The molecule has 9 nitrogen and oxygen atoms in total. The van der Waals surface area contributed by atoms with E-state index in [9.17, 15) is 19.5 Å². The second kappa shape index (κ2) is 9.55. The monoisotopic (exact) mass is 499 g/mol. The van der Waals surface area contributed by atoms with E-state index in [-0.39, 0.29) is 10.8 Å². The number of carbonyl (C=O) groups excluding carboxylic acids is 2. The van der Waals surface area contributed by atoms with Gasteiger partial charge in [-0.15, -0.1) is 6.42 Å². The fourth-order valence-corrected chi connectivity index (χ4v) is 7.71. The van der Waals surface area contributed by atoms with Crippen molar-refractivity contribution in [2.24, 2.45) is 39.5 Å². The quantitative estimate of drug-likeness (QED) is 0.311. The largest absolute Gasteiger partial charge is 0.480 e. The van der Waals surface area contributed by atoms with Crippen LogP contribution in [-0.2, 0) is 19.2 Å². The van der Waals surface area contributed by atoms with Crippen molar-refractivity contribution in [3.8, 4) is 12.3 Å². The zero-order valence-corrected chi connectivity index (χ0v) is 21.1. The van der Waals surface area contributed by atoms with Gasteiger partial charge in [-0.05, 0) is 80.6 Å². The molecule has 0 aliphatic heterocycles. The molecule has 196 valence electrons. The van der Waals surface area contributed by atoms with Crippen molar-refractivity contribution in [3.63, 3.8) is 0 Å². The predicted molar refractivity (Wildman–Crippen MR) is 132 cm³/mol. The second-order valence-electron chi connectivity index (χ2n) is 11.5. The van der Waals surface area contributed by atoms with Crippen molar-refractivity contribution < 1.29 is 29.4 Å². The first kappa shape index (κ1) is 26.2. The molecular formula is C27H37N3O6. The van der Waals surface area contributed by atoms with E-state index in [1.807, 2.05) is 0 Å². The van der Waals surface area contributed by atoms with E-state index in [2.05, 4.69) is 36.3 Å². The molecule has 3 fully saturated rings. The first-order valence-corrected chi connectivity index (χ1v) is 12.8. The summed E-state index contributed by atoms with van der Waals surface area (Å²) in [5.74, 6) is 1.42. The number of aliphatic carboxylic acids is 1. The molecule has 0 aromatic carbocycles. The van der Waals surface area contributed by atoms with Gasteiger partial charge in [0.05, 0.1) is 12.1 Å². The normalized spacial score (nSPS) is 39.0. The van der Waals surface area contributed by atoms with Crippen molar-refractivity contribution >= 4 is 23.5 Å². The number of nitrogens with two attached hydrogens (primary N) is 1. The number of rotatable bonds is 7. The van der Waals surface area contributed by atoms with E-state index in [1.54, 1.807) is 0 Å². The fraction of sp³-hybridized carbons (Fsp3) is 0.704. The lowest BCUT2D eigenvalue weighted by molar-refractivity contribution is -0.144. The number of amides is 2. The number of oxime groups is 1. The third-order valence-corrected chi connectivity index (χ3v) is 9.78. The van der Waals surface area contributed by atoms with Gasteiger partial charge in [0.1, 0.15) is 11.6 Å². The molecule has 0 bridgehead atoms. The Bertz CT molecular complexity index is 1050. The molecular weight excluding hydrogens is 462 g/mol. The minimum absolute atomic E-state index is 0.0704. The fourth-order valence-electron chi connectivity index (χ4n) is 7.71. The van der Waals surface area contributed by atoms with Crippen molar-refractivity contribution in [3.05, 3.63) is 11.6 Å². The van der Waals surface area contributed by atoms with Gasteiger partial charge in [0, 0.05) is 5.41 Å². The number of allylic oxidation sites excluding steroid dienone is 2. The smallest absolute Gasteiger partial charge is 0.326 e. The average Bonchev–Trinajstić information content (AvgIpc) is 3.09. The highest BCUT2D eigenvalue weighted by Crippen LogP contribution is 2.67. The standard InChI is InChI=1S/C27H37N3O6/c1-4-27(35)12-9-20-18-6-5-16-13-17(7-10-25(16,2)19(18)8-11-26(20,27)3)30-36-15-23(32)29-21(24(33)34)14-22(28)31/h1,13,18-21,35H,5-12,14-15H2,2-3H3,(H2,28,31)(H,29,32)(H,33,34)/t18-,19+,20-,21+,25+,26+,27-/m1/s1. The zero-order chi connectivity index (χ0) is 26.3. The summed E-state index contributed by atoms with van der Waals surface area (Å²) >= 11 is 0. The van der Waals surface area contributed by atoms with Crippen LogP contribution in [0, 0.1) is 40.9 Å². The lowest BCUT2D eigenvalue weighted by Gasteiger charge is -2.58. The molecule has 7 atom stereocenters. The number of terminal acetylenes is 1. The summed E-state index contributed by atoms with van der Waals surface area (Å²) in [7, 11) is 0. The summed E-state index contributed by atoms with van der Waals surface area (Å²) in [6.07, 6.45) is 14.7. The van der Waals surface area contributed by atoms with Gasteiger partial charge in [0.15, 0.2) is 6.61 Å². The molecule has 0 saturated heterocycles. The lowest BCUT2D eigenvalue weighted by atomic mass is 9.46. The van der Waals surface area contributed by atoms with Crippen LogP contribution in [-0.4, -0.2) is 52.0 Å². The number of hydrogen-bond acceptors (Lipinski definition) is 6. The van der Waals surface area contributed by atoms with Gasteiger partial charge in [0.25, 0.3) is 5.91 Å². The number of nitrogens with one attached hydrogen (secondary N) is 1. The number of carboxylic acids is 1. The van der Waals surface area contributed by atoms with E-state index in [4.69, 9.17) is 22.1 Å².